The number of aromatic nitrogens is 2. The highest BCUT2D eigenvalue weighted by molar-refractivity contribution is 5.84. The van der Waals surface area contributed by atoms with Gasteiger partial charge in [0, 0.05) is 42.1 Å². The Labute approximate surface area is 114 Å². The average Bonchev–Trinajstić information content (AvgIpc) is 2.80. The zero-order valence-electron chi connectivity index (χ0n) is 10.8. The van der Waals surface area contributed by atoms with Gasteiger partial charge in [0.15, 0.2) is 0 Å². The number of rotatable bonds is 3. The minimum absolute atomic E-state index is 0.0169. The molecule has 6 nitrogen and oxygen atoms in total. The van der Waals surface area contributed by atoms with Crippen molar-refractivity contribution in [1.82, 2.24) is 9.55 Å². The maximum atomic E-state index is 10.7. The topological polar surface area (TPSA) is 73.0 Å². The maximum Gasteiger partial charge on any atom is 0.274 e. The third-order valence-corrected chi connectivity index (χ3v) is 3.11. The maximum absolute atomic E-state index is 10.7. The predicted octanol–water partition coefficient (Wildman–Crippen LogP) is 3.23. The number of aryl methyl sites for hydroxylation is 1. The van der Waals surface area contributed by atoms with Crippen LogP contribution in [0.15, 0.2) is 48.8 Å². The molecule has 0 aliphatic carbocycles. The molecule has 0 spiro atoms. The van der Waals surface area contributed by atoms with Crippen molar-refractivity contribution < 1.29 is 4.92 Å². The van der Waals surface area contributed by atoms with E-state index in [1.54, 1.807) is 0 Å². The third kappa shape index (κ3) is 2.18. The van der Waals surface area contributed by atoms with Gasteiger partial charge in [0.05, 0.1) is 11.0 Å². The molecule has 0 bridgehead atoms. The molecule has 0 amide bonds. The summed E-state index contributed by atoms with van der Waals surface area (Å²) in [4.78, 5) is 14.4. The predicted molar refractivity (Wildman–Crippen MR) is 77.1 cm³/mol. The van der Waals surface area contributed by atoms with Crippen molar-refractivity contribution >= 4 is 28.1 Å². The Balaban J connectivity index is 1.92. The smallest absolute Gasteiger partial charge is 0.274 e. The van der Waals surface area contributed by atoms with E-state index in [1.165, 1.54) is 18.3 Å². The van der Waals surface area contributed by atoms with Crippen molar-refractivity contribution in [2.24, 2.45) is 7.05 Å². The van der Waals surface area contributed by atoms with Crippen molar-refractivity contribution in [2.75, 3.05) is 5.32 Å². The minimum atomic E-state index is -0.437. The van der Waals surface area contributed by atoms with Crippen LogP contribution >= 0.6 is 0 Å². The van der Waals surface area contributed by atoms with Gasteiger partial charge in [-0.25, -0.2) is 4.98 Å². The number of fused-ring (bicyclic) bond motifs is 1. The highest BCUT2D eigenvalue weighted by Crippen LogP contribution is 2.23. The molecule has 0 atom stereocenters. The van der Waals surface area contributed by atoms with Gasteiger partial charge in [0.2, 0.25) is 0 Å². The van der Waals surface area contributed by atoms with Gasteiger partial charge >= 0.3 is 0 Å². The Bertz CT molecular complexity index is 795. The van der Waals surface area contributed by atoms with Crippen molar-refractivity contribution in [3.8, 4) is 0 Å². The molecule has 1 N–H and O–H groups in total. The number of nitrogens with one attached hydrogen (secondary N) is 1. The molecule has 0 unspecified atom stereocenters. The number of nitro groups is 1. The van der Waals surface area contributed by atoms with Crippen LogP contribution in [0.25, 0.3) is 10.9 Å². The van der Waals surface area contributed by atoms with Crippen molar-refractivity contribution in [1.29, 1.82) is 0 Å². The highest BCUT2D eigenvalue weighted by Gasteiger charge is 2.07. The second kappa shape index (κ2) is 4.65. The van der Waals surface area contributed by atoms with Crippen molar-refractivity contribution in [2.45, 2.75) is 0 Å². The zero-order valence-corrected chi connectivity index (χ0v) is 10.8. The van der Waals surface area contributed by atoms with Gasteiger partial charge in [-0.2, -0.15) is 0 Å². The largest absolute Gasteiger partial charge is 0.351 e. The minimum Gasteiger partial charge on any atom is -0.351 e. The van der Waals surface area contributed by atoms with Gasteiger partial charge in [-0.05, 0) is 24.3 Å². The summed E-state index contributed by atoms with van der Waals surface area (Å²) >= 11 is 0. The number of hydrogen-bond donors (Lipinski definition) is 1. The summed E-state index contributed by atoms with van der Waals surface area (Å²) in [5.74, 6) is 0.453. The molecule has 0 aliphatic heterocycles. The lowest BCUT2D eigenvalue weighted by Crippen LogP contribution is -1.95. The summed E-state index contributed by atoms with van der Waals surface area (Å²) in [6, 6.07) is 10.7. The van der Waals surface area contributed by atoms with Crippen molar-refractivity contribution in [3.05, 3.63) is 58.9 Å². The lowest BCUT2D eigenvalue weighted by molar-refractivity contribution is -0.384. The van der Waals surface area contributed by atoms with Gasteiger partial charge < -0.3 is 9.88 Å². The molecule has 6 heteroatoms. The van der Waals surface area contributed by atoms with E-state index in [2.05, 4.69) is 10.3 Å². The Morgan fingerprint density at radius 1 is 1.25 bits per heavy atom. The lowest BCUT2D eigenvalue weighted by Gasteiger charge is -2.06. The Morgan fingerprint density at radius 2 is 2.10 bits per heavy atom. The van der Waals surface area contributed by atoms with E-state index in [-0.39, 0.29) is 5.69 Å². The molecule has 20 heavy (non-hydrogen) atoms. The molecule has 2 aromatic heterocycles. The first-order valence-electron chi connectivity index (χ1n) is 6.06. The number of benzene rings is 1. The molecule has 100 valence electrons. The van der Waals surface area contributed by atoms with Gasteiger partial charge in [-0.15, -0.1) is 0 Å². The summed E-state index contributed by atoms with van der Waals surface area (Å²) in [6.07, 6.45) is 3.40. The molecule has 1 aromatic carbocycles. The van der Waals surface area contributed by atoms with E-state index in [0.717, 1.165) is 16.6 Å². The first-order chi connectivity index (χ1) is 9.63. The summed E-state index contributed by atoms with van der Waals surface area (Å²) in [5.41, 5.74) is 1.99. The van der Waals surface area contributed by atoms with Crippen LogP contribution in [0.3, 0.4) is 0 Å². The van der Waals surface area contributed by atoms with Crippen LogP contribution in [0.2, 0.25) is 0 Å². The Morgan fingerprint density at radius 3 is 2.90 bits per heavy atom. The number of anilines is 2. The third-order valence-electron chi connectivity index (χ3n) is 3.11. The van der Waals surface area contributed by atoms with E-state index >= 15 is 0 Å². The summed E-state index contributed by atoms with van der Waals surface area (Å²) < 4.78 is 2.03. The molecule has 2 heterocycles. The standard InChI is InChI=1S/C14H12N4O2/c1-17-7-5-10-8-11(2-3-13(10)17)16-14-9-12(18(19)20)4-6-15-14/h2-9H,1H3,(H,15,16). The lowest BCUT2D eigenvalue weighted by atomic mass is 10.2. The SMILES string of the molecule is Cn1ccc2cc(Nc3cc([N+](=O)[O-])ccn3)ccc21. The molecule has 3 aromatic rings. The second-order valence-corrected chi connectivity index (χ2v) is 4.48. The second-order valence-electron chi connectivity index (χ2n) is 4.48. The Kier molecular flexibility index (Phi) is 2.83. The fourth-order valence-electron chi connectivity index (χ4n) is 2.11. The van der Waals surface area contributed by atoms with Crippen LogP contribution in [0.1, 0.15) is 0 Å². The molecule has 0 saturated heterocycles. The van der Waals surface area contributed by atoms with Crippen LogP contribution in [-0.4, -0.2) is 14.5 Å². The van der Waals surface area contributed by atoms with Crippen LogP contribution in [0, 0.1) is 10.1 Å². The van der Waals surface area contributed by atoms with E-state index in [4.69, 9.17) is 0 Å². The van der Waals surface area contributed by atoms with Gasteiger partial charge in [0.25, 0.3) is 5.69 Å². The number of hydrogen-bond acceptors (Lipinski definition) is 4. The molecule has 3 rings (SSSR count). The quantitative estimate of drug-likeness (QED) is 0.584. The van der Waals surface area contributed by atoms with E-state index in [0.29, 0.717) is 5.82 Å². The van der Waals surface area contributed by atoms with Crippen molar-refractivity contribution in [3.63, 3.8) is 0 Å². The molecule has 0 saturated carbocycles. The fourth-order valence-corrected chi connectivity index (χ4v) is 2.11. The first kappa shape index (κ1) is 12.2. The monoisotopic (exact) mass is 268 g/mol. The van der Waals surface area contributed by atoms with Gasteiger partial charge in [-0.1, -0.05) is 0 Å². The summed E-state index contributed by atoms with van der Waals surface area (Å²) in [5, 5.41) is 14.9. The normalized spacial score (nSPS) is 10.7. The van der Waals surface area contributed by atoms with Crippen LogP contribution in [-0.2, 0) is 7.05 Å². The van der Waals surface area contributed by atoms with Gasteiger partial charge in [-0.3, -0.25) is 10.1 Å². The van der Waals surface area contributed by atoms with E-state index in [1.807, 2.05) is 42.1 Å². The van der Waals surface area contributed by atoms with Crippen LogP contribution in [0.5, 0.6) is 0 Å². The first-order valence-corrected chi connectivity index (χ1v) is 6.06. The summed E-state index contributed by atoms with van der Waals surface area (Å²) in [7, 11) is 1.98. The van der Waals surface area contributed by atoms with Gasteiger partial charge in [0.1, 0.15) is 5.82 Å². The Hall–Kier alpha value is -2.89. The summed E-state index contributed by atoms with van der Waals surface area (Å²) in [6.45, 7) is 0. The zero-order chi connectivity index (χ0) is 14.1. The van der Waals surface area contributed by atoms with E-state index in [9.17, 15) is 10.1 Å². The fraction of sp³-hybridized carbons (Fsp3) is 0.0714. The molecule has 0 fully saturated rings. The highest BCUT2D eigenvalue weighted by atomic mass is 16.6. The molecule has 0 radical (unpaired) electrons. The average molecular weight is 268 g/mol. The molecular formula is C14H12N4O2. The number of nitrogens with zero attached hydrogens (tertiary/aromatic N) is 3. The van der Waals surface area contributed by atoms with Crippen LogP contribution in [0.4, 0.5) is 17.2 Å². The molecular weight excluding hydrogens is 256 g/mol. The van der Waals surface area contributed by atoms with Crippen LogP contribution < -0.4 is 5.32 Å². The number of pyridine rings is 1. The molecule has 0 aliphatic rings. The van der Waals surface area contributed by atoms with E-state index < -0.39 is 4.92 Å².